The van der Waals surface area contributed by atoms with E-state index in [0.717, 1.165) is 0 Å². The van der Waals surface area contributed by atoms with Crippen LogP contribution in [-0.2, 0) is 4.79 Å². The SMILES string of the molecule is Cc1ncn(-c2ncc([OH2+])c3c(C(=O)C(=O)O)c[nH]c23)n1. The standard InChI is InChI=1S/C12H9N5O4/c1-5-15-4-17(16-5)11-9-8(7(18)3-14-11)6(2-13-9)10(19)12(20)21/h2-4,13,18H,1H3,(H,20,21)/p+1. The minimum atomic E-state index is -1.58. The average molecular weight is 288 g/mol. The van der Waals surface area contributed by atoms with Crippen LogP contribution in [0.25, 0.3) is 16.7 Å². The Morgan fingerprint density at radius 1 is 1.38 bits per heavy atom. The normalized spacial score (nSPS) is 10.9. The Labute approximate surface area is 116 Å². The number of rotatable bonds is 3. The van der Waals surface area contributed by atoms with Crippen molar-refractivity contribution in [3.05, 3.63) is 30.1 Å². The monoisotopic (exact) mass is 288 g/mol. The molecule has 0 saturated carbocycles. The van der Waals surface area contributed by atoms with E-state index in [1.807, 2.05) is 0 Å². The Hall–Kier alpha value is -3.23. The van der Waals surface area contributed by atoms with Gasteiger partial charge in [0.2, 0.25) is 0 Å². The molecule has 0 unspecified atom stereocenters. The third-order valence-electron chi connectivity index (χ3n) is 2.95. The van der Waals surface area contributed by atoms with Crippen molar-refractivity contribution >= 4 is 22.7 Å². The number of fused-ring (bicyclic) bond motifs is 1. The van der Waals surface area contributed by atoms with Crippen molar-refractivity contribution in [3.8, 4) is 11.6 Å². The molecule has 9 heteroatoms. The summed E-state index contributed by atoms with van der Waals surface area (Å²) in [5, 5.41) is 21.0. The van der Waals surface area contributed by atoms with Crippen molar-refractivity contribution in [2.45, 2.75) is 6.92 Å². The summed E-state index contributed by atoms with van der Waals surface area (Å²) < 4.78 is 1.39. The van der Waals surface area contributed by atoms with Crippen molar-refractivity contribution in [2.24, 2.45) is 0 Å². The number of H-pyrrole nitrogens is 1. The van der Waals surface area contributed by atoms with Gasteiger partial charge in [0, 0.05) is 6.20 Å². The summed E-state index contributed by atoms with van der Waals surface area (Å²) in [6.07, 6.45) is 3.94. The second-order valence-electron chi connectivity index (χ2n) is 4.32. The molecule has 3 heterocycles. The number of hydrogen-bond acceptors (Lipinski definition) is 5. The van der Waals surface area contributed by atoms with Crippen LogP contribution < -0.4 is 0 Å². The molecule has 3 aromatic rings. The highest BCUT2D eigenvalue weighted by atomic mass is 16.4. The number of carboxylic acids is 1. The fourth-order valence-electron chi connectivity index (χ4n) is 2.05. The van der Waals surface area contributed by atoms with E-state index >= 15 is 0 Å². The lowest BCUT2D eigenvalue weighted by atomic mass is 10.1. The number of carbonyl (C=O) groups excluding carboxylic acids is 1. The average Bonchev–Trinajstić information content (AvgIpc) is 3.05. The van der Waals surface area contributed by atoms with Gasteiger partial charge < -0.3 is 15.2 Å². The van der Waals surface area contributed by atoms with Crippen LogP contribution in [0, 0.1) is 6.92 Å². The highest BCUT2D eigenvalue weighted by Gasteiger charge is 2.25. The summed E-state index contributed by atoms with van der Waals surface area (Å²) in [5.41, 5.74) is 0.278. The molecular weight excluding hydrogens is 278 g/mol. The number of nitrogens with one attached hydrogen (secondary N) is 1. The maximum absolute atomic E-state index is 11.7. The summed E-state index contributed by atoms with van der Waals surface area (Å²) in [7, 11) is 0. The molecule has 4 N–H and O–H groups in total. The van der Waals surface area contributed by atoms with Crippen molar-refractivity contribution in [1.82, 2.24) is 24.7 Å². The summed E-state index contributed by atoms with van der Waals surface area (Å²) in [6.45, 7) is 1.71. The molecule has 0 aromatic carbocycles. The van der Waals surface area contributed by atoms with Crippen LogP contribution in [-0.4, -0.2) is 46.7 Å². The Balaban J connectivity index is 2.29. The first-order valence-electron chi connectivity index (χ1n) is 5.87. The predicted molar refractivity (Wildman–Crippen MR) is 70.8 cm³/mol. The van der Waals surface area contributed by atoms with E-state index in [9.17, 15) is 9.59 Å². The van der Waals surface area contributed by atoms with Gasteiger partial charge >= 0.3 is 5.97 Å². The van der Waals surface area contributed by atoms with Gasteiger partial charge in [0.05, 0.1) is 5.56 Å². The summed E-state index contributed by atoms with van der Waals surface area (Å²) in [6, 6.07) is 0. The first-order valence-corrected chi connectivity index (χ1v) is 5.87. The molecule has 3 aromatic heterocycles. The zero-order valence-corrected chi connectivity index (χ0v) is 10.8. The quantitative estimate of drug-likeness (QED) is 0.400. The van der Waals surface area contributed by atoms with E-state index in [-0.39, 0.29) is 16.7 Å². The lowest BCUT2D eigenvalue weighted by Gasteiger charge is -2.01. The number of nitrogens with zero attached hydrogens (tertiary/aromatic N) is 4. The van der Waals surface area contributed by atoms with E-state index < -0.39 is 11.8 Å². The van der Waals surface area contributed by atoms with Gasteiger partial charge in [-0.25, -0.2) is 19.4 Å². The molecule has 0 aliphatic rings. The van der Waals surface area contributed by atoms with Crippen molar-refractivity contribution < 1.29 is 19.8 Å². The Morgan fingerprint density at radius 2 is 2.14 bits per heavy atom. The number of carboxylic acid groups (broad SMARTS) is 1. The van der Waals surface area contributed by atoms with Crippen LogP contribution in [0.3, 0.4) is 0 Å². The number of aryl methyl sites for hydroxylation is 1. The summed E-state index contributed by atoms with van der Waals surface area (Å²) in [4.78, 5) is 33.4. The molecular formula is C12H10N5O4+. The molecule has 0 aliphatic carbocycles. The van der Waals surface area contributed by atoms with E-state index in [2.05, 4.69) is 20.1 Å². The Kier molecular flexibility index (Phi) is 2.68. The largest absolute Gasteiger partial charge is 0.592 e. The molecule has 21 heavy (non-hydrogen) atoms. The smallest absolute Gasteiger partial charge is 0.377 e. The summed E-state index contributed by atoms with van der Waals surface area (Å²) in [5.74, 6) is -1.83. The predicted octanol–water partition coefficient (Wildman–Crippen LogP) is 0.157. The molecule has 3 rings (SSSR count). The first kappa shape index (κ1) is 12.8. The second-order valence-corrected chi connectivity index (χ2v) is 4.32. The number of hydrogen-bond donors (Lipinski definition) is 2. The van der Waals surface area contributed by atoms with Crippen LogP contribution in [0.2, 0.25) is 0 Å². The third-order valence-corrected chi connectivity index (χ3v) is 2.95. The Morgan fingerprint density at radius 3 is 2.76 bits per heavy atom. The van der Waals surface area contributed by atoms with Crippen LogP contribution in [0.1, 0.15) is 16.2 Å². The first-order chi connectivity index (χ1) is 9.99. The molecule has 0 fully saturated rings. The number of Topliss-reactive ketones (excluding diaryl/α,β-unsaturated/α-hetero) is 1. The fourth-order valence-corrected chi connectivity index (χ4v) is 2.05. The molecule has 0 bridgehead atoms. The number of ketones is 1. The third kappa shape index (κ3) is 1.91. The highest BCUT2D eigenvalue weighted by Crippen LogP contribution is 2.30. The van der Waals surface area contributed by atoms with Crippen LogP contribution in [0.15, 0.2) is 18.7 Å². The van der Waals surface area contributed by atoms with E-state index in [1.165, 1.54) is 23.4 Å². The fraction of sp³-hybridized carbons (Fsp3) is 0.0833. The van der Waals surface area contributed by atoms with Gasteiger partial charge in [0.15, 0.2) is 5.82 Å². The second kappa shape index (κ2) is 4.40. The zero-order valence-electron chi connectivity index (χ0n) is 10.8. The molecule has 106 valence electrons. The minimum Gasteiger partial charge on any atom is -0.592 e. The number of aliphatic carboxylic acids is 1. The van der Waals surface area contributed by atoms with Crippen molar-refractivity contribution in [1.29, 1.82) is 0 Å². The van der Waals surface area contributed by atoms with E-state index in [4.69, 9.17) is 10.2 Å². The summed E-state index contributed by atoms with van der Waals surface area (Å²) >= 11 is 0. The van der Waals surface area contributed by atoms with Crippen molar-refractivity contribution in [2.75, 3.05) is 0 Å². The van der Waals surface area contributed by atoms with Crippen LogP contribution in [0.4, 0.5) is 0 Å². The maximum Gasteiger partial charge on any atom is 0.377 e. The van der Waals surface area contributed by atoms with E-state index in [1.54, 1.807) is 6.92 Å². The van der Waals surface area contributed by atoms with Gasteiger partial charge in [-0.05, 0) is 6.92 Å². The van der Waals surface area contributed by atoms with Crippen LogP contribution in [0.5, 0.6) is 5.75 Å². The Bertz CT molecular complexity index is 879. The topological polar surface area (TPSA) is 137 Å². The zero-order chi connectivity index (χ0) is 15.1. The molecule has 0 amide bonds. The van der Waals surface area contributed by atoms with Gasteiger partial charge in [-0.3, -0.25) is 4.79 Å². The van der Waals surface area contributed by atoms with Gasteiger partial charge in [-0.2, -0.15) is 5.10 Å². The molecule has 0 atom stereocenters. The van der Waals surface area contributed by atoms with Crippen molar-refractivity contribution in [3.63, 3.8) is 0 Å². The lowest BCUT2D eigenvalue weighted by molar-refractivity contribution is -0.131. The number of carbonyl (C=O) groups is 2. The molecule has 0 saturated heterocycles. The molecule has 0 aliphatic heterocycles. The van der Waals surface area contributed by atoms with E-state index in [0.29, 0.717) is 17.2 Å². The van der Waals surface area contributed by atoms with Gasteiger partial charge in [-0.15, -0.1) is 0 Å². The van der Waals surface area contributed by atoms with Gasteiger partial charge in [-0.1, -0.05) is 0 Å². The number of aromatic amines is 1. The van der Waals surface area contributed by atoms with Gasteiger partial charge in [0.1, 0.15) is 29.3 Å². The maximum atomic E-state index is 11.7. The lowest BCUT2D eigenvalue weighted by Crippen LogP contribution is -2.12. The number of pyridine rings is 1. The van der Waals surface area contributed by atoms with Crippen LogP contribution >= 0.6 is 0 Å². The van der Waals surface area contributed by atoms with Gasteiger partial charge in [0.25, 0.3) is 11.5 Å². The highest BCUT2D eigenvalue weighted by molar-refractivity contribution is 6.42. The minimum absolute atomic E-state index is 0.0450. The molecule has 0 radical (unpaired) electrons. The number of aromatic nitrogens is 5. The molecule has 0 spiro atoms. The molecule has 9 nitrogen and oxygen atoms in total.